The molecule has 3 rings (SSSR count). The summed E-state index contributed by atoms with van der Waals surface area (Å²) >= 11 is 0. The minimum Gasteiger partial charge on any atom is -0.450 e. The largest absolute Gasteiger partial charge is 0.450 e. The molecule has 3 amide bonds. The highest BCUT2D eigenvalue weighted by Crippen LogP contribution is 2.09. The summed E-state index contributed by atoms with van der Waals surface area (Å²) in [6.07, 6.45) is 2.92. The monoisotopic (exact) mass is 462 g/mol. The van der Waals surface area contributed by atoms with Crippen LogP contribution in [-0.2, 0) is 14.3 Å². The molecule has 0 spiro atoms. The summed E-state index contributed by atoms with van der Waals surface area (Å²) in [4.78, 5) is 53.5. The second-order valence-electron chi connectivity index (χ2n) is 8.11. The summed E-state index contributed by atoms with van der Waals surface area (Å²) in [7, 11) is 0. The van der Waals surface area contributed by atoms with Gasteiger partial charge in [-0.3, -0.25) is 19.5 Å². The number of aromatic nitrogens is 2. The molecule has 0 N–H and O–H groups in total. The van der Waals surface area contributed by atoms with Crippen molar-refractivity contribution in [3.05, 3.63) is 23.8 Å². The molecule has 0 atom stereocenters. The molecule has 1 aromatic heterocycles. The Bertz CT molecular complexity index is 791. The van der Waals surface area contributed by atoms with Gasteiger partial charge in [0.05, 0.1) is 31.7 Å². The molecule has 33 heavy (non-hydrogen) atoms. The number of ether oxygens (including phenoxy) is 2. The van der Waals surface area contributed by atoms with Crippen molar-refractivity contribution < 1.29 is 23.9 Å². The average molecular weight is 463 g/mol. The van der Waals surface area contributed by atoms with Gasteiger partial charge in [0.25, 0.3) is 5.91 Å². The van der Waals surface area contributed by atoms with E-state index < -0.39 is 0 Å². The van der Waals surface area contributed by atoms with Gasteiger partial charge in [-0.2, -0.15) is 0 Å². The highest BCUT2D eigenvalue weighted by molar-refractivity contribution is 5.92. The van der Waals surface area contributed by atoms with Crippen molar-refractivity contribution in [2.24, 2.45) is 0 Å². The summed E-state index contributed by atoms with van der Waals surface area (Å²) in [5.41, 5.74) is 1.02. The molecule has 2 saturated heterocycles. The van der Waals surface area contributed by atoms with Crippen molar-refractivity contribution in [2.75, 3.05) is 78.7 Å². The summed E-state index contributed by atoms with van der Waals surface area (Å²) in [5.74, 6) is -0.256. The number of nitrogens with zero attached hydrogens (tertiary/aromatic N) is 6. The molecule has 2 aliphatic rings. The number of hydrogen-bond acceptors (Lipinski definition) is 8. The predicted octanol–water partition coefficient (Wildman–Crippen LogP) is 0.250. The topological polar surface area (TPSA) is 108 Å². The minimum atomic E-state index is -0.344. The molecule has 2 fully saturated rings. The zero-order chi connectivity index (χ0) is 23.6. The smallest absolute Gasteiger partial charge is 0.409 e. The molecule has 0 unspecified atom stereocenters. The van der Waals surface area contributed by atoms with Gasteiger partial charge in [-0.25, -0.2) is 9.78 Å². The SMILES string of the molecule is CCOC(=O)N1CCN(C(=O)CCN(CCN2CCOCC2)C(=O)c2cnc(C)cn2)CC1. The molecule has 2 aliphatic heterocycles. The molecule has 182 valence electrons. The summed E-state index contributed by atoms with van der Waals surface area (Å²) in [6.45, 7) is 10.3. The van der Waals surface area contributed by atoms with Crippen molar-refractivity contribution in [3.63, 3.8) is 0 Å². The standard InChI is InChI=1S/C22H34N6O5/c1-3-33-22(31)28-10-8-26(9-11-28)20(29)4-5-27(7-6-25-12-14-32-15-13-25)21(30)19-17-23-18(2)16-24-19/h16-17H,3-15H2,1-2H3. The summed E-state index contributed by atoms with van der Waals surface area (Å²) in [6, 6.07) is 0. The van der Waals surface area contributed by atoms with Crippen LogP contribution in [0.2, 0.25) is 0 Å². The van der Waals surface area contributed by atoms with Crippen LogP contribution < -0.4 is 0 Å². The third kappa shape index (κ3) is 7.36. The van der Waals surface area contributed by atoms with E-state index in [2.05, 4.69) is 14.9 Å². The molecule has 0 radical (unpaired) electrons. The Morgan fingerprint density at radius 3 is 2.33 bits per heavy atom. The third-order valence-corrected chi connectivity index (χ3v) is 5.83. The summed E-state index contributed by atoms with van der Waals surface area (Å²) < 4.78 is 10.4. The van der Waals surface area contributed by atoms with Gasteiger partial charge in [-0.15, -0.1) is 0 Å². The Hall–Kier alpha value is -2.79. The number of amides is 3. The van der Waals surface area contributed by atoms with E-state index in [1.54, 1.807) is 27.8 Å². The number of aryl methyl sites for hydroxylation is 1. The molecule has 11 heteroatoms. The van der Waals surface area contributed by atoms with E-state index in [-0.39, 0.29) is 30.0 Å². The van der Waals surface area contributed by atoms with Gasteiger partial charge in [0.15, 0.2) is 0 Å². The minimum absolute atomic E-state index is 0.0299. The first-order chi connectivity index (χ1) is 16.0. The molecule has 0 aromatic carbocycles. The van der Waals surface area contributed by atoms with E-state index in [1.807, 2.05) is 6.92 Å². The average Bonchev–Trinajstić information content (AvgIpc) is 2.85. The fraction of sp³-hybridized carbons (Fsp3) is 0.682. The zero-order valence-electron chi connectivity index (χ0n) is 19.6. The lowest BCUT2D eigenvalue weighted by Gasteiger charge is -2.34. The first-order valence-corrected chi connectivity index (χ1v) is 11.6. The van der Waals surface area contributed by atoms with Crippen LogP contribution in [0.15, 0.2) is 12.4 Å². The van der Waals surface area contributed by atoms with Gasteiger partial charge < -0.3 is 24.2 Å². The number of carbonyl (C=O) groups is 3. The lowest BCUT2D eigenvalue weighted by molar-refractivity contribution is -0.133. The van der Waals surface area contributed by atoms with Crippen LogP contribution in [-0.4, -0.2) is 126 Å². The van der Waals surface area contributed by atoms with Gasteiger partial charge in [-0.1, -0.05) is 0 Å². The number of carbonyl (C=O) groups excluding carboxylic acids is 3. The highest BCUT2D eigenvalue weighted by atomic mass is 16.6. The maximum absolute atomic E-state index is 13.1. The van der Waals surface area contributed by atoms with Crippen molar-refractivity contribution in [2.45, 2.75) is 20.3 Å². The van der Waals surface area contributed by atoms with Gasteiger partial charge in [0.2, 0.25) is 5.91 Å². The molecule has 0 saturated carbocycles. The fourth-order valence-corrected chi connectivity index (χ4v) is 3.81. The molecular weight excluding hydrogens is 428 g/mol. The van der Waals surface area contributed by atoms with Crippen LogP contribution in [0, 0.1) is 6.92 Å². The number of piperazine rings is 1. The second kappa shape index (κ2) is 12.4. The molecule has 0 aliphatic carbocycles. The normalized spacial score (nSPS) is 17.0. The van der Waals surface area contributed by atoms with E-state index in [0.717, 1.165) is 18.8 Å². The van der Waals surface area contributed by atoms with E-state index in [0.29, 0.717) is 65.6 Å². The lowest BCUT2D eigenvalue weighted by Crippen LogP contribution is -2.51. The van der Waals surface area contributed by atoms with Crippen molar-refractivity contribution in [1.29, 1.82) is 0 Å². The quantitative estimate of drug-likeness (QED) is 0.541. The fourth-order valence-electron chi connectivity index (χ4n) is 3.81. The molecule has 11 nitrogen and oxygen atoms in total. The van der Waals surface area contributed by atoms with E-state index in [4.69, 9.17) is 9.47 Å². The van der Waals surface area contributed by atoms with Gasteiger partial charge in [-0.05, 0) is 13.8 Å². The van der Waals surface area contributed by atoms with Crippen LogP contribution in [0.3, 0.4) is 0 Å². The second-order valence-corrected chi connectivity index (χ2v) is 8.11. The zero-order valence-corrected chi connectivity index (χ0v) is 19.6. The number of morpholine rings is 1. The van der Waals surface area contributed by atoms with Crippen LogP contribution in [0.5, 0.6) is 0 Å². The van der Waals surface area contributed by atoms with Crippen molar-refractivity contribution in [3.8, 4) is 0 Å². The van der Waals surface area contributed by atoms with Crippen molar-refractivity contribution in [1.82, 2.24) is 29.6 Å². The van der Waals surface area contributed by atoms with Gasteiger partial charge in [0.1, 0.15) is 5.69 Å². The van der Waals surface area contributed by atoms with Crippen LogP contribution >= 0.6 is 0 Å². The molecule has 1 aromatic rings. The predicted molar refractivity (Wildman–Crippen MR) is 120 cm³/mol. The van der Waals surface area contributed by atoms with E-state index in [9.17, 15) is 14.4 Å². The maximum atomic E-state index is 13.1. The first-order valence-electron chi connectivity index (χ1n) is 11.6. The molecule has 0 bridgehead atoms. The maximum Gasteiger partial charge on any atom is 0.409 e. The third-order valence-electron chi connectivity index (χ3n) is 5.83. The molecule has 3 heterocycles. The van der Waals surface area contributed by atoms with E-state index >= 15 is 0 Å². The summed E-state index contributed by atoms with van der Waals surface area (Å²) in [5, 5.41) is 0. The lowest BCUT2D eigenvalue weighted by atomic mass is 10.2. The Morgan fingerprint density at radius 1 is 1.00 bits per heavy atom. The van der Waals surface area contributed by atoms with Crippen molar-refractivity contribution >= 4 is 17.9 Å². The van der Waals surface area contributed by atoms with Gasteiger partial charge >= 0.3 is 6.09 Å². The Kier molecular flexibility index (Phi) is 9.37. The highest BCUT2D eigenvalue weighted by Gasteiger charge is 2.26. The number of hydrogen-bond donors (Lipinski definition) is 0. The first kappa shape index (κ1) is 24.8. The number of rotatable bonds is 8. The van der Waals surface area contributed by atoms with E-state index in [1.165, 1.54) is 6.20 Å². The van der Waals surface area contributed by atoms with Gasteiger partial charge in [0, 0.05) is 71.5 Å². The Morgan fingerprint density at radius 2 is 1.70 bits per heavy atom. The van der Waals surface area contributed by atoms with Crippen LogP contribution in [0.1, 0.15) is 29.5 Å². The Labute approximate surface area is 194 Å². The molecular formula is C22H34N6O5. The van der Waals surface area contributed by atoms with Crippen LogP contribution in [0.25, 0.3) is 0 Å². The Balaban J connectivity index is 1.54. The van der Waals surface area contributed by atoms with Crippen LogP contribution in [0.4, 0.5) is 4.79 Å².